The molecule has 2 heterocycles. The van der Waals surface area contributed by atoms with E-state index in [0.29, 0.717) is 12.4 Å². The van der Waals surface area contributed by atoms with E-state index in [9.17, 15) is 4.79 Å². The van der Waals surface area contributed by atoms with E-state index in [1.165, 1.54) is 45.2 Å². The van der Waals surface area contributed by atoms with Gasteiger partial charge in [-0.1, -0.05) is 12.1 Å². The summed E-state index contributed by atoms with van der Waals surface area (Å²) in [5.41, 5.74) is 2.72. The Morgan fingerprint density at radius 1 is 1.00 bits per heavy atom. The summed E-state index contributed by atoms with van der Waals surface area (Å²) in [6.07, 6.45) is 10.9. The van der Waals surface area contributed by atoms with Crippen LogP contribution in [-0.4, -0.2) is 67.4 Å². The normalized spacial score (nSPS) is 20.9. The molecule has 4 rings (SSSR count). The molecule has 0 aromatic heterocycles. The molecule has 32 heavy (non-hydrogen) atoms. The van der Waals surface area contributed by atoms with Crippen LogP contribution in [0.1, 0.15) is 70.3 Å². The molecule has 0 atom stereocenters. The quantitative estimate of drug-likeness (QED) is 0.305. The van der Waals surface area contributed by atoms with Crippen LogP contribution >= 0.6 is 0 Å². The maximum absolute atomic E-state index is 12.3. The van der Waals surface area contributed by atoms with Crippen molar-refractivity contribution in [3.8, 4) is 5.75 Å². The van der Waals surface area contributed by atoms with Crippen LogP contribution in [-0.2, 0) is 9.63 Å². The molecule has 0 radical (unpaired) electrons. The monoisotopic (exact) mass is 441 g/mol. The molecule has 3 aliphatic rings. The number of nitrogens with zero attached hydrogens (tertiary/aromatic N) is 3. The number of amides is 1. The first kappa shape index (κ1) is 23.1. The zero-order valence-electron chi connectivity index (χ0n) is 19.7. The van der Waals surface area contributed by atoms with Gasteiger partial charge in [0.1, 0.15) is 12.4 Å². The molecule has 2 aliphatic heterocycles. The average molecular weight is 442 g/mol. The molecule has 1 aromatic rings. The third kappa shape index (κ3) is 6.47. The summed E-state index contributed by atoms with van der Waals surface area (Å²) in [6, 6.07) is 7.81. The first-order valence-corrected chi connectivity index (χ1v) is 12.6. The molecule has 0 unspecified atom stereocenters. The van der Waals surface area contributed by atoms with Crippen molar-refractivity contribution in [2.75, 3.05) is 45.9 Å². The maximum atomic E-state index is 12.3. The van der Waals surface area contributed by atoms with E-state index in [-0.39, 0.29) is 12.5 Å². The average Bonchev–Trinajstić information content (AvgIpc) is 3.61. The molecular formula is C26H39N3O3. The van der Waals surface area contributed by atoms with Crippen molar-refractivity contribution in [2.45, 2.75) is 64.7 Å². The molecule has 6 nitrogen and oxygen atoms in total. The summed E-state index contributed by atoms with van der Waals surface area (Å²) in [5, 5.41) is 4.39. The van der Waals surface area contributed by atoms with Crippen molar-refractivity contribution in [1.82, 2.24) is 9.80 Å². The summed E-state index contributed by atoms with van der Waals surface area (Å²) in [7, 11) is 0. The Morgan fingerprint density at radius 3 is 2.38 bits per heavy atom. The zero-order valence-corrected chi connectivity index (χ0v) is 19.7. The van der Waals surface area contributed by atoms with E-state index in [4.69, 9.17) is 9.57 Å². The van der Waals surface area contributed by atoms with Crippen molar-refractivity contribution < 1.29 is 14.4 Å². The van der Waals surface area contributed by atoms with E-state index >= 15 is 0 Å². The largest absolute Gasteiger partial charge is 0.484 e. The summed E-state index contributed by atoms with van der Waals surface area (Å²) in [4.78, 5) is 22.4. The number of piperidine rings is 2. The first-order chi connectivity index (χ1) is 15.7. The number of hydrogen-bond donors (Lipinski definition) is 0. The van der Waals surface area contributed by atoms with Gasteiger partial charge in [0.15, 0.2) is 6.61 Å². The fourth-order valence-electron chi connectivity index (χ4n) is 4.85. The molecule has 1 aromatic carbocycles. The number of carbonyl (C=O) groups is 1. The van der Waals surface area contributed by atoms with Gasteiger partial charge in [-0.15, -0.1) is 0 Å². The number of benzene rings is 1. The number of likely N-dealkylation sites (tertiary alicyclic amines) is 2. The smallest absolute Gasteiger partial charge is 0.260 e. The highest BCUT2D eigenvalue weighted by atomic mass is 16.6. The predicted octanol–water partition coefficient (Wildman–Crippen LogP) is 4.47. The first-order valence-electron chi connectivity index (χ1n) is 12.6. The molecule has 1 saturated carbocycles. The van der Waals surface area contributed by atoms with Gasteiger partial charge in [0.2, 0.25) is 0 Å². The second-order valence-electron chi connectivity index (χ2n) is 9.67. The third-order valence-corrected chi connectivity index (χ3v) is 7.35. The van der Waals surface area contributed by atoms with Crippen molar-refractivity contribution in [3.63, 3.8) is 0 Å². The van der Waals surface area contributed by atoms with Gasteiger partial charge in [-0.25, -0.2) is 0 Å². The fraction of sp³-hybridized carbons (Fsp3) is 0.692. The molecule has 2 saturated heterocycles. The Morgan fingerprint density at radius 2 is 1.72 bits per heavy atom. The minimum absolute atomic E-state index is 0.0783. The molecule has 3 fully saturated rings. The predicted molar refractivity (Wildman–Crippen MR) is 127 cm³/mol. The Kier molecular flexibility index (Phi) is 8.06. The highest BCUT2D eigenvalue weighted by Gasteiger charge is 2.44. The Balaban J connectivity index is 1.16. The summed E-state index contributed by atoms with van der Waals surface area (Å²) in [5.74, 6) is 0.791. The van der Waals surface area contributed by atoms with Crippen LogP contribution in [0.5, 0.6) is 5.75 Å². The van der Waals surface area contributed by atoms with Gasteiger partial charge in [0.25, 0.3) is 5.91 Å². The molecule has 0 N–H and O–H groups in total. The van der Waals surface area contributed by atoms with Crippen LogP contribution < -0.4 is 4.74 Å². The fourth-order valence-corrected chi connectivity index (χ4v) is 4.85. The molecule has 176 valence electrons. The minimum Gasteiger partial charge on any atom is -0.484 e. The molecule has 6 heteroatoms. The van der Waals surface area contributed by atoms with Gasteiger partial charge >= 0.3 is 0 Å². The SMILES string of the molecule is CC/C(=N\OCCCN1CCC2(CC1)CC2)c1ccc(OCC(=O)N2CCCCC2)cc1. The Bertz CT molecular complexity index is 757. The lowest BCUT2D eigenvalue weighted by atomic mass is 9.94. The summed E-state index contributed by atoms with van der Waals surface area (Å²) in [6.45, 7) is 8.18. The van der Waals surface area contributed by atoms with Crippen LogP contribution in [0.15, 0.2) is 29.4 Å². The van der Waals surface area contributed by atoms with Crippen LogP contribution in [0.3, 0.4) is 0 Å². The number of ether oxygens (including phenoxy) is 1. The molecule has 1 amide bonds. The number of hydrogen-bond acceptors (Lipinski definition) is 5. The molecule has 1 spiro atoms. The highest BCUT2D eigenvalue weighted by molar-refractivity contribution is 6.00. The lowest BCUT2D eigenvalue weighted by Gasteiger charge is -2.31. The molecular weight excluding hydrogens is 402 g/mol. The Hall–Kier alpha value is -2.08. The highest BCUT2D eigenvalue weighted by Crippen LogP contribution is 2.53. The third-order valence-electron chi connectivity index (χ3n) is 7.35. The van der Waals surface area contributed by atoms with Gasteiger partial charge < -0.3 is 19.4 Å². The van der Waals surface area contributed by atoms with E-state index in [0.717, 1.165) is 62.0 Å². The van der Waals surface area contributed by atoms with Gasteiger partial charge in [-0.3, -0.25) is 4.79 Å². The topological polar surface area (TPSA) is 54.4 Å². The van der Waals surface area contributed by atoms with E-state index in [1.54, 1.807) is 0 Å². The van der Waals surface area contributed by atoms with Crippen molar-refractivity contribution >= 4 is 11.6 Å². The second-order valence-corrected chi connectivity index (χ2v) is 9.67. The van der Waals surface area contributed by atoms with Crippen LogP contribution in [0.2, 0.25) is 0 Å². The van der Waals surface area contributed by atoms with E-state index in [1.807, 2.05) is 29.2 Å². The summed E-state index contributed by atoms with van der Waals surface area (Å²) >= 11 is 0. The van der Waals surface area contributed by atoms with E-state index < -0.39 is 0 Å². The molecule has 1 aliphatic carbocycles. The van der Waals surface area contributed by atoms with Gasteiger partial charge in [0, 0.05) is 19.6 Å². The minimum atomic E-state index is 0.0783. The van der Waals surface area contributed by atoms with Crippen molar-refractivity contribution in [1.29, 1.82) is 0 Å². The lowest BCUT2D eigenvalue weighted by Crippen LogP contribution is -2.38. The number of rotatable bonds is 10. The van der Waals surface area contributed by atoms with Crippen molar-refractivity contribution in [3.05, 3.63) is 29.8 Å². The lowest BCUT2D eigenvalue weighted by molar-refractivity contribution is -0.134. The summed E-state index contributed by atoms with van der Waals surface area (Å²) < 4.78 is 5.71. The van der Waals surface area contributed by atoms with Gasteiger partial charge in [0.05, 0.1) is 5.71 Å². The van der Waals surface area contributed by atoms with Gasteiger partial charge in [-0.05, 0) is 106 Å². The van der Waals surface area contributed by atoms with Crippen LogP contribution in [0.25, 0.3) is 0 Å². The number of oxime groups is 1. The number of carbonyl (C=O) groups excluding carboxylic acids is 1. The van der Waals surface area contributed by atoms with Gasteiger partial charge in [-0.2, -0.15) is 0 Å². The van der Waals surface area contributed by atoms with E-state index in [2.05, 4.69) is 17.0 Å². The second kappa shape index (κ2) is 11.2. The maximum Gasteiger partial charge on any atom is 0.260 e. The van der Waals surface area contributed by atoms with Crippen LogP contribution in [0, 0.1) is 5.41 Å². The van der Waals surface area contributed by atoms with Crippen molar-refractivity contribution in [2.24, 2.45) is 10.6 Å². The Labute approximate surface area is 192 Å². The molecule has 0 bridgehead atoms. The standard InChI is InChI=1S/C26H39N3O3/c1-2-24(27-32-20-6-15-28-18-13-26(11-12-26)14-19-28)22-7-9-23(10-8-22)31-21-25(30)29-16-4-3-5-17-29/h7-10H,2-6,11-21H2,1H3/b27-24+. The zero-order chi connectivity index (χ0) is 22.2. The van der Waals surface area contributed by atoms with Crippen LogP contribution in [0.4, 0.5) is 0 Å².